The van der Waals surface area contributed by atoms with Gasteiger partial charge in [-0.05, 0) is 43.4 Å². The number of rotatable bonds is 8. The van der Waals surface area contributed by atoms with E-state index in [0.29, 0.717) is 24.6 Å². The zero-order valence-corrected chi connectivity index (χ0v) is 19.4. The molecule has 1 aromatic heterocycles. The number of methoxy groups -OCH3 is 1. The fraction of sp³-hybridized carbons (Fsp3) is 0.375. The largest absolute Gasteiger partial charge is 0.383 e. The second kappa shape index (κ2) is 10.2. The topological polar surface area (TPSA) is 55.5 Å². The average molecular weight is 452 g/mol. The van der Waals surface area contributed by atoms with E-state index < -0.39 is 0 Å². The Kier molecular flexibility index (Phi) is 7.14. The highest BCUT2D eigenvalue weighted by Gasteiger charge is 2.20. The number of carbonyl (C=O) groups is 1. The van der Waals surface area contributed by atoms with Gasteiger partial charge < -0.3 is 9.64 Å². The summed E-state index contributed by atoms with van der Waals surface area (Å²) in [5, 5.41) is 4.86. The van der Waals surface area contributed by atoms with Crippen LogP contribution in [-0.4, -0.2) is 64.9 Å². The highest BCUT2D eigenvalue weighted by atomic mass is 32.1. The van der Waals surface area contributed by atoms with Gasteiger partial charge in [-0.25, -0.2) is 4.68 Å². The Morgan fingerprint density at radius 1 is 1.03 bits per heavy atom. The molecule has 4 rings (SSSR count). The fourth-order valence-electron chi connectivity index (χ4n) is 3.96. The molecule has 7 nitrogen and oxygen atoms in total. The Labute approximate surface area is 193 Å². The smallest absolute Gasteiger partial charge is 0.199 e. The number of benzene rings is 2. The van der Waals surface area contributed by atoms with E-state index in [2.05, 4.69) is 26.5 Å². The first-order valence-electron chi connectivity index (χ1n) is 10.9. The molecule has 2 heterocycles. The molecule has 8 heteroatoms. The number of anilines is 1. The SMILES string of the molecule is COCCn1c(-c2ccccc2)nn(CN2CCN(c3ccc(C(C)=O)cc3)CC2)c1=S. The maximum Gasteiger partial charge on any atom is 0.199 e. The van der Waals surface area contributed by atoms with E-state index in [1.54, 1.807) is 14.0 Å². The molecule has 0 saturated carbocycles. The van der Waals surface area contributed by atoms with Crippen molar-refractivity contribution in [3.05, 3.63) is 64.9 Å². The third-order valence-electron chi connectivity index (χ3n) is 5.82. The van der Waals surface area contributed by atoms with E-state index in [-0.39, 0.29) is 5.78 Å². The van der Waals surface area contributed by atoms with Crippen LogP contribution in [0.1, 0.15) is 17.3 Å². The van der Waals surface area contributed by atoms with Crippen LogP contribution in [0.15, 0.2) is 54.6 Å². The number of aromatic nitrogens is 3. The zero-order valence-electron chi connectivity index (χ0n) is 18.6. The Balaban J connectivity index is 1.45. The molecule has 3 aromatic rings. The van der Waals surface area contributed by atoms with Crippen molar-refractivity contribution in [2.24, 2.45) is 0 Å². The standard InChI is InChI=1S/C24H29N5O2S/c1-19(30)20-8-10-22(11-9-20)27-14-12-26(13-15-27)18-29-24(32)28(16-17-31-2)23(25-29)21-6-4-3-5-7-21/h3-11H,12-18H2,1-2H3. The van der Waals surface area contributed by atoms with Crippen LogP contribution in [0.25, 0.3) is 11.4 Å². The molecule has 0 N–H and O–H groups in total. The lowest BCUT2D eigenvalue weighted by Crippen LogP contribution is -2.47. The fourth-order valence-corrected chi connectivity index (χ4v) is 4.24. The van der Waals surface area contributed by atoms with Crippen molar-refractivity contribution in [1.82, 2.24) is 19.2 Å². The normalized spacial score (nSPS) is 14.6. The van der Waals surface area contributed by atoms with Crippen LogP contribution in [-0.2, 0) is 18.0 Å². The molecule has 0 bridgehead atoms. The van der Waals surface area contributed by atoms with Crippen LogP contribution >= 0.6 is 12.2 Å². The minimum absolute atomic E-state index is 0.0953. The molecule has 0 atom stereocenters. The molecule has 1 aliphatic rings. The van der Waals surface area contributed by atoms with Crippen LogP contribution in [0.2, 0.25) is 0 Å². The number of Topliss-reactive ketones (excluding diaryl/α,β-unsaturated/α-hetero) is 1. The summed E-state index contributed by atoms with van der Waals surface area (Å²) in [6.45, 7) is 7.19. The van der Waals surface area contributed by atoms with Crippen molar-refractivity contribution in [3.63, 3.8) is 0 Å². The van der Waals surface area contributed by atoms with E-state index in [4.69, 9.17) is 22.1 Å². The highest BCUT2D eigenvalue weighted by Crippen LogP contribution is 2.20. The van der Waals surface area contributed by atoms with E-state index >= 15 is 0 Å². The molecule has 168 valence electrons. The average Bonchev–Trinajstić information content (AvgIpc) is 3.13. The Morgan fingerprint density at radius 2 is 1.72 bits per heavy atom. The minimum Gasteiger partial charge on any atom is -0.383 e. The van der Waals surface area contributed by atoms with Crippen LogP contribution in [0.5, 0.6) is 0 Å². The molecule has 2 aromatic carbocycles. The molecule has 0 radical (unpaired) electrons. The predicted octanol–water partition coefficient (Wildman–Crippen LogP) is 3.71. The second-order valence-corrected chi connectivity index (χ2v) is 8.33. The van der Waals surface area contributed by atoms with Gasteiger partial charge in [0.1, 0.15) is 0 Å². The van der Waals surface area contributed by atoms with Crippen LogP contribution in [0.4, 0.5) is 5.69 Å². The first-order chi connectivity index (χ1) is 15.6. The molecule has 0 amide bonds. The van der Waals surface area contributed by atoms with Gasteiger partial charge in [0.05, 0.1) is 19.8 Å². The van der Waals surface area contributed by atoms with Crippen molar-refractivity contribution in [2.45, 2.75) is 20.1 Å². The molecular weight excluding hydrogens is 422 g/mol. The van der Waals surface area contributed by atoms with Crippen LogP contribution < -0.4 is 4.90 Å². The van der Waals surface area contributed by atoms with Gasteiger partial charge in [0.2, 0.25) is 0 Å². The maximum atomic E-state index is 11.5. The summed E-state index contributed by atoms with van der Waals surface area (Å²) in [5.41, 5.74) is 2.95. The number of hydrogen-bond donors (Lipinski definition) is 0. The number of hydrogen-bond acceptors (Lipinski definition) is 6. The van der Waals surface area contributed by atoms with E-state index in [9.17, 15) is 4.79 Å². The van der Waals surface area contributed by atoms with E-state index in [1.807, 2.05) is 47.1 Å². The number of piperazine rings is 1. The predicted molar refractivity (Wildman–Crippen MR) is 129 cm³/mol. The van der Waals surface area contributed by atoms with Gasteiger partial charge in [-0.1, -0.05) is 30.3 Å². The van der Waals surface area contributed by atoms with Gasteiger partial charge in [-0.3, -0.25) is 14.3 Å². The summed E-state index contributed by atoms with van der Waals surface area (Å²) >= 11 is 5.77. The van der Waals surface area contributed by atoms with Gasteiger partial charge in [-0.2, -0.15) is 5.10 Å². The number of carbonyl (C=O) groups excluding carboxylic acids is 1. The highest BCUT2D eigenvalue weighted by molar-refractivity contribution is 7.71. The van der Waals surface area contributed by atoms with Gasteiger partial charge in [0.25, 0.3) is 0 Å². The molecular formula is C24H29N5O2S. The van der Waals surface area contributed by atoms with Crippen molar-refractivity contribution in [3.8, 4) is 11.4 Å². The summed E-state index contributed by atoms with van der Waals surface area (Å²) in [6, 6.07) is 18.0. The third kappa shape index (κ3) is 4.98. The molecule has 1 fully saturated rings. The number of ether oxygens (including phenoxy) is 1. The summed E-state index contributed by atoms with van der Waals surface area (Å²) in [4.78, 5) is 16.2. The van der Waals surface area contributed by atoms with Crippen molar-refractivity contribution < 1.29 is 9.53 Å². The summed E-state index contributed by atoms with van der Waals surface area (Å²) in [6.07, 6.45) is 0. The van der Waals surface area contributed by atoms with Crippen LogP contribution in [0.3, 0.4) is 0 Å². The van der Waals surface area contributed by atoms with Crippen LogP contribution in [0, 0.1) is 4.77 Å². The van der Waals surface area contributed by atoms with Gasteiger partial charge in [0.15, 0.2) is 16.4 Å². The molecule has 0 spiro atoms. The monoisotopic (exact) mass is 451 g/mol. The Hall–Kier alpha value is -2.81. The maximum absolute atomic E-state index is 11.5. The minimum atomic E-state index is 0.0953. The quantitative estimate of drug-likeness (QED) is 0.384. The Bertz CT molecular complexity index is 1100. The molecule has 0 aliphatic carbocycles. The third-order valence-corrected chi connectivity index (χ3v) is 6.25. The second-order valence-electron chi connectivity index (χ2n) is 7.97. The first-order valence-corrected chi connectivity index (χ1v) is 11.3. The van der Waals surface area contributed by atoms with Crippen molar-refractivity contribution in [1.29, 1.82) is 0 Å². The van der Waals surface area contributed by atoms with E-state index in [1.165, 1.54) is 0 Å². The molecule has 1 saturated heterocycles. The molecule has 32 heavy (non-hydrogen) atoms. The zero-order chi connectivity index (χ0) is 22.5. The number of ketones is 1. The van der Waals surface area contributed by atoms with Crippen molar-refractivity contribution in [2.75, 3.05) is 44.8 Å². The van der Waals surface area contributed by atoms with Gasteiger partial charge >= 0.3 is 0 Å². The number of nitrogens with zero attached hydrogens (tertiary/aromatic N) is 5. The summed E-state index contributed by atoms with van der Waals surface area (Å²) < 4.78 is 9.98. The first kappa shape index (κ1) is 22.4. The van der Waals surface area contributed by atoms with Gasteiger partial charge in [0, 0.05) is 50.1 Å². The summed E-state index contributed by atoms with van der Waals surface area (Å²) in [5.74, 6) is 0.967. The lowest BCUT2D eigenvalue weighted by Gasteiger charge is -2.35. The molecule has 1 aliphatic heterocycles. The van der Waals surface area contributed by atoms with Crippen molar-refractivity contribution >= 4 is 23.7 Å². The Morgan fingerprint density at radius 3 is 2.34 bits per heavy atom. The van der Waals surface area contributed by atoms with E-state index in [0.717, 1.165) is 48.8 Å². The molecule has 0 unspecified atom stereocenters. The van der Waals surface area contributed by atoms with Gasteiger partial charge in [-0.15, -0.1) is 0 Å². The lowest BCUT2D eigenvalue weighted by molar-refractivity contribution is 0.101. The lowest BCUT2D eigenvalue weighted by atomic mass is 10.1. The summed E-state index contributed by atoms with van der Waals surface area (Å²) in [7, 11) is 1.70.